The summed E-state index contributed by atoms with van der Waals surface area (Å²) in [5, 5.41) is 12.0. The van der Waals surface area contributed by atoms with Crippen LogP contribution in [-0.2, 0) is 16.0 Å². The molecule has 1 amide bonds. The number of hydrogen-bond donors (Lipinski definition) is 2. The van der Waals surface area contributed by atoms with Crippen molar-refractivity contribution >= 4 is 28.7 Å². The summed E-state index contributed by atoms with van der Waals surface area (Å²) in [5.74, 6) is 0.0870. The summed E-state index contributed by atoms with van der Waals surface area (Å²) in [7, 11) is 4.67. The molecule has 204 valence electrons. The van der Waals surface area contributed by atoms with E-state index in [1.807, 2.05) is 54.7 Å². The molecule has 0 saturated carbocycles. The Morgan fingerprint density at radius 3 is 2.42 bits per heavy atom. The van der Waals surface area contributed by atoms with Crippen LogP contribution in [0.2, 0.25) is 0 Å². The van der Waals surface area contributed by atoms with Gasteiger partial charge in [-0.25, -0.2) is 0 Å². The Hall–Kier alpha value is -4.98. The van der Waals surface area contributed by atoms with E-state index >= 15 is 0 Å². The van der Waals surface area contributed by atoms with Crippen molar-refractivity contribution in [3.05, 3.63) is 107 Å². The lowest BCUT2D eigenvalue weighted by atomic mass is 9.94. The second-order valence-corrected chi connectivity index (χ2v) is 9.35. The second-order valence-electron chi connectivity index (χ2n) is 9.35. The molecule has 40 heavy (non-hydrogen) atoms. The third kappa shape index (κ3) is 5.03. The number of ketones is 1. The number of aromatic amines is 1. The molecule has 1 aromatic heterocycles. The molecule has 1 aliphatic rings. The van der Waals surface area contributed by atoms with Gasteiger partial charge < -0.3 is 29.2 Å². The number of nitrogens with one attached hydrogen (secondary N) is 1. The van der Waals surface area contributed by atoms with Crippen LogP contribution in [0.25, 0.3) is 17.0 Å². The summed E-state index contributed by atoms with van der Waals surface area (Å²) in [5.41, 5.74) is 3.31. The Morgan fingerprint density at radius 1 is 0.975 bits per heavy atom. The number of carbonyl (C=O) groups is 2. The highest BCUT2D eigenvalue weighted by Gasteiger charge is 2.44. The number of benzene rings is 3. The molecule has 1 aliphatic heterocycles. The first-order valence-electron chi connectivity index (χ1n) is 12.8. The van der Waals surface area contributed by atoms with Crippen molar-refractivity contribution < 1.29 is 28.9 Å². The summed E-state index contributed by atoms with van der Waals surface area (Å²) in [4.78, 5) is 31.8. The topological polar surface area (TPSA) is 101 Å². The molecule has 8 nitrogen and oxygen atoms in total. The molecule has 0 bridgehead atoms. The SMILES string of the molecule is COc1ccc([C@@H]2C(C(=O)/C=C/c3ccccc3)=C(O)C(=O)N2CCc2c[nH]c3ccc(OC)cc23)c(OC)c1. The van der Waals surface area contributed by atoms with Crippen LogP contribution in [-0.4, -0.2) is 54.6 Å². The number of ether oxygens (including phenoxy) is 3. The minimum atomic E-state index is -0.860. The highest BCUT2D eigenvalue weighted by atomic mass is 16.5. The Morgan fingerprint density at radius 2 is 1.70 bits per heavy atom. The van der Waals surface area contributed by atoms with Crippen LogP contribution < -0.4 is 14.2 Å². The van der Waals surface area contributed by atoms with Crippen molar-refractivity contribution in [1.82, 2.24) is 9.88 Å². The van der Waals surface area contributed by atoms with E-state index in [4.69, 9.17) is 14.2 Å². The van der Waals surface area contributed by atoms with E-state index in [-0.39, 0.29) is 12.1 Å². The van der Waals surface area contributed by atoms with Gasteiger partial charge in [0.1, 0.15) is 17.2 Å². The number of carbonyl (C=O) groups excluding carboxylic acids is 2. The maximum absolute atomic E-state index is 13.5. The van der Waals surface area contributed by atoms with Gasteiger partial charge in [0, 0.05) is 35.3 Å². The monoisotopic (exact) mass is 538 g/mol. The number of fused-ring (bicyclic) bond motifs is 1. The quantitative estimate of drug-likeness (QED) is 0.262. The smallest absolute Gasteiger partial charge is 0.290 e. The molecule has 2 heterocycles. The summed E-state index contributed by atoms with van der Waals surface area (Å²) >= 11 is 0. The molecule has 0 aliphatic carbocycles. The molecule has 4 aromatic rings. The summed E-state index contributed by atoms with van der Waals surface area (Å²) in [6.07, 6.45) is 5.42. The van der Waals surface area contributed by atoms with Crippen LogP contribution in [0.15, 0.2) is 90.3 Å². The Labute approximate surface area is 232 Å². The van der Waals surface area contributed by atoms with Crippen molar-refractivity contribution in [3.8, 4) is 17.2 Å². The number of allylic oxidation sites excluding steroid dienone is 1. The van der Waals surface area contributed by atoms with Gasteiger partial charge in [-0.05, 0) is 54.0 Å². The molecule has 0 fully saturated rings. The first kappa shape index (κ1) is 26.6. The van der Waals surface area contributed by atoms with E-state index in [2.05, 4.69) is 4.98 Å². The number of H-pyrrole nitrogens is 1. The highest BCUT2D eigenvalue weighted by Crippen LogP contribution is 2.43. The van der Waals surface area contributed by atoms with Crippen LogP contribution in [0.5, 0.6) is 17.2 Å². The van der Waals surface area contributed by atoms with E-state index in [1.54, 1.807) is 38.5 Å². The van der Waals surface area contributed by atoms with Gasteiger partial charge in [-0.2, -0.15) is 0 Å². The Balaban J connectivity index is 1.52. The van der Waals surface area contributed by atoms with E-state index in [9.17, 15) is 14.7 Å². The second kappa shape index (κ2) is 11.4. The van der Waals surface area contributed by atoms with Gasteiger partial charge in [0.2, 0.25) is 0 Å². The van der Waals surface area contributed by atoms with E-state index in [1.165, 1.54) is 18.1 Å². The fourth-order valence-electron chi connectivity index (χ4n) is 5.06. The number of hydrogen-bond acceptors (Lipinski definition) is 6. The van der Waals surface area contributed by atoms with Crippen molar-refractivity contribution in [1.29, 1.82) is 0 Å². The summed E-state index contributed by atoms with van der Waals surface area (Å²) < 4.78 is 16.4. The van der Waals surface area contributed by atoms with Crippen LogP contribution >= 0.6 is 0 Å². The maximum atomic E-state index is 13.5. The zero-order valence-electron chi connectivity index (χ0n) is 22.5. The lowest BCUT2D eigenvalue weighted by molar-refractivity contribution is -0.129. The number of nitrogens with zero attached hydrogens (tertiary/aromatic N) is 1. The standard InChI is InChI=1S/C32H30N2O6/c1-38-22-11-13-26-25(17-22)21(19-33-26)15-16-34-30(24-12-10-23(39-2)18-28(24)40-3)29(31(36)32(34)37)27(35)14-9-20-7-5-4-6-8-20/h4-14,17-19,30,33,36H,15-16H2,1-3H3/b14-9+/t30-/m1/s1. The summed E-state index contributed by atoms with van der Waals surface area (Å²) in [6.45, 7) is 0.242. The lowest BCUT2D eigenvalue weighted by Crippen LogP contribution is -2.33. The number of aliphatic hydroxyl groups is 1. The molecular weight excluding hydrogens is 508 g/mol. The normalized spacial score (nSPS) is 15.3. The molecule has 0 spiro atoms. The number of methoxy groups -OCH3 is 3. The molecule has 1 atom stereocenters. The van der Waals surface area contributed by atoms with E-state index in [0.717, 1.165) is 27.8 Å². The minimum Gasteiger partial charge on any atom is -0.503 e. The molecule has 5 rings (SSSR count). The third-order valence-electron chi connectivity index (χ3n) is 7.13. The number of aliphatic hydroxyl groups excluding tert-OH is 1. The largest absolute Gasteiger partial charge is 0.503 e. The number of aromatic nitrogens is 1. The predicted octanol–water partition coefficient (Wildman–Crippen LogP) is 5.41. The third-order valence-corrected chi connectivity index (χ3v) is 7.13. The first-order valence-corrected chi connectivity index (χ1v) is 12.8. The highest BCUT2D eigenvalue weighted by molar-refractivity contribution is 6.14. The van der Waals surface area contributed by atoms with Crippen LogP contribution in [0.1, 0.15) is 22.7 Å². The molecule has 0 saturated heterocycles. The van der Waals surface area contributed by atoms with Crippen molar-refractivity contribution in [3.63, 3.8) is 0 Å². The van der Waals surface area contributed by atoms with E-state index in [0.29, 0.717) is 23.5 Å². The average Bonchev–Trinajstić information content (AvgIpc) is 3.51. The van der Waals surface area contributed by atoms with Crippen molar-refractivity contribution in [2.24, 2.45) is 0 Å². The average molecular weight is 539 g/mol. The van der Waals surface area contributed by atoms with Gasteiger partial charge in [-0.3, -0.25) is 9.59 Å². The molecule has 0 unspecified atom stereocenters. The fourth-order valence-corrected chi connectivity index (χ4v) is 5.06. The van der Waals surface area contributed by atoms with Gasteiger partial charge in [-0.1, -0.05) is 36.4 Å². The maximum Gasteiger partial charge on any atom is 0.290 e. The van der Waals surface area contributed by atoms with Crippen molar-refractivity contribution in [2.45, 2.75) is 12.5 Å². The molecular formula is C32H30N2O6. The molecule has 2 N–H and O–H groups in total. The Kier molecular flexibility index (Phi) is 7.59. The van der Waals surface area contributed by atoms with Crippen molar-refractivity contribution in [2.75, 3.05) is 27.9 Å². The Bertz CT molecular complexity index is 1620. The molecule has 8 heteroatoms. The van der Waals surface area contributed by atoms with Gasteiger partial charge in [-0.15, -0.1) is 0 Å². The molecule has 0 radical (unpaired) electrons. The fraction of sp³-hybridized carbons (Fsp3) is 0.188. The van der Waals surface area contributed by atoms with Crippen LogP contribution in [0, 0.1) is 0 Å². The minimum absolute atomic E-state index is 0.00115. The molecule has 3 aromatic carbocycles. The van der Waals surface area contributed by atoms with Gasteiger partial charge in [0.15, 0.2) is 11.5 Å². The first-order chi connectivity index (χ1) is 19.4. The number of rotatable bonds is 10. The number of amides is 1. The van der Waals surface area contributed by atoms with Crippen LogP contribution in [0.3, 0.4) is 0 Å². The zero-order valence-corrected chi connectivity index (χ0v) is 22.5. The van der Waals surface area contributed by atoms with Gasteiger partial charge in [0.05, 0.1) is 32.9 Å². The van der Waals surface area contributed by atoms with E-state index < -0.39 is 23.5 Å². The zero-order chi connectivity index (χ0) is 28.2. The van der Waals surface area contributed by atoms with Gasteiger partial charge >= 0.3 is 0 Å². The lowest BCUT2D eigenvalue weighted by Gasteiger charge is -2.28. The van der Waals surface area contributed by atoms with Gasteiger partial charge in [0.25, 0.3) is 5.91 Å². The predicted molar refractivity (Wildman–Crippen MR) is 153 cm³/mol. The van der Waals surface area contributed by atoms with Crippen LogP contribution in [0.4, 0.5) is 0 Å². The summed E-state index contributed by atoms with van der Waals surface area (Å²) in [6, 6.07) is 19.4.